The summed E-state index contributed by atoms with van der Waals surface area (Å²) in [5, 5.41) is 0.540. The molecule has 2 aromatic carbocycles. The van der Waals surface area contributed by atoms with Gasteiger partial charge in [-0.1, -0.05) is 30.3 Å². The average Bonchev–Trinajstić information content (AvgIpc) is 2.47. The van der Waals surface area contributed by atoms with Crippen LogP contribution in [0.1, 0.15) is 28.4 Å². The number of Topliss-reactive ketones (excluding diaryl/α,β-unsaturated/α-hetero) is 1. The van der Waals surface area contributed by atoms with Crippen LogP contribution < -0.4 is 10.0 Å². The lowest BCUT2D eigenvalue weighted by Gasteiger charge is -2.17. The molecule has 0 bridgehead atoms. The van der Waals surface area contributed by atoms with Crippen molar-refractivity contribution >= 4 is 19.5 Å². The monoisotopic (exact) mass is 300 g/mol. The first-order valence-electron chi connectivity index (χ1n) is 6.74. The van der Waals surface area contributed by atoms with Crippen molar-refractivity contribution in [3.8, 4) is 5.75 Å². The van der Waals surface area contributed by atoms with Gasteiger partial charge in [0.2, 0.25) is 5.78 Å². The van der Waals surface area contributed by atoms with Crippen molar-refractivity contribution in [2.75, 3.05) is 0 Å². The summed E-state index contributed by atoms with van der Waals surface area (Å²) in [5.41, 5.74) is 2.57. The molecule has 2 rings (SSSR count). The van der Waals surface area contributed by atoms with E-state index in [0.717, 1.165) is 11.1 Å². The van der Waals surface area contributed by atoms with E-state index in [0.29, 0.717) is 16.6 Å². The Hall–Kier alpha value is -1.99. The molecule has 0 saturated heterocycles. The molecule has 0 aliphatic heterocycles. The smallest absolute Gasteiger partial charge is 0.203 e. The topological polar surface area (TPSA) is 43.4 Å². The standard InChI is InChI=1S/C17H17O3P/c1-11-7-6-8-12(2)16(11)17(18)13(3)20-14-9-4-5-10-15(14)21-19/h4-10,13H,1-3H3. The Bertz CT molecular complexity index is 659. The number of carbonyl (C=O) groups excluding carboxylic acids is 1. The largest absolute Gasteiger partial charge is 0.481 e. The first-order chi connectivity index (χ1) is 10.0. The zero-order valence-electron chi connectivity index (χ0n) is 12.3. The van der Waals surface area contributed by atoms with E-state index in [2.05, 4.69) is 0 Å². The molecule has 1 unspecified atom stereocenters. The van der Waals surface area contributed by atoms with Crippen LogP contribution >= 0.6 is 8.46 Å². The highest BCUT2D eigenvalue weighted by Crippen LogP contribution is 2.19. The summed E-state index contributed by atoms with van der Waals surface area (Å²) in [5.74, 6) is 0.407. The molecule has 0 saturated carbocycles. The normalized spacial score (nSPS) is 12.1. The molecule has 0 N–H and O–H groups in total. The first kappa shape index (κ1) is 15.4. The van der Waals surface area contributed by atoms with Crippen molar-refractivity contribution in [3.05, 3.63) is 59.2 Å². The van der Waals surface area contributed by atoms with Crippen LogP contribution in [0.5, 0.6) is 5.75 Å². The summed E-state index contributed by atoms with van der Waals surface area (Å²) in [6, 6.07) is 12.8. The zero-order valence-corrected chi connectivity index (χ0v) is 13.2. The molecule has 0 aliphatic carbocycles. The lowest BCUT2D eigenvalue weighted by molar-refractivity contribution is 0.0818. The molecule has 0 aromatic heterocycles. The quantitative estimate of drug-likeness (QED) is 0.622. The summed E-state index contributed by atoms with van der Waals surface area (Å²) in [4.78, 5) is 12.6. The Labute approximate surface area is 126 Å². The van der Waals surface area contributed by atoms with Gasteiger partial charge in [0, 0.05) is 5.56 Å². The molecule has 3 nitrogen and oxygen atoms in total. The second kappa shape index (κ2) is 6.64. The third-order valence-corrected chi connectivity index (χ3v) is 3.93. The molecular formula is C17H17O3P. The SMILES string of the molecule is Cc1cccc(C)c1C(=O)C(C)Oc1ccccc1P=O. The van der Waals surface area contributed by atoms with Crippen molar-refractivity contribution in [1.29, 1.82) is 0 Å². The van der Waals surface area contributed by atoms with Crippen LogP contribution in [0, 0.1) is 13.8 Å². The second-order valence-electron chi connectivity index (χ2n) is 4.95. The van der Waals surface area contributed by atoms with E-state index < -0.39 is 6.10 Å². The van der Waals surface area contributed by atoms with Gasteiger partial charge in [-0.25, -0.2) is 0 Å². The Morgan fingerprint density at radius 1 is 1.05 bits per heavy atom. The minimum Gasteiger partial charge on any atom is -0.481 e. The van der Waals surface area contributed by atoms with Gasteiger partial charge in [0.1, 0.15) is 5.75 Å². The summed E-state index contributed by atoms with van der Waals surface area (Å²) in [7, 11) is -0.119. The maximum atomic E-state index is 12.6. The molecule has 108 valence electrons. The molecule has 0 spiro atoms. The predicted molar refractivity (Wildman–Crippen MR) is 84.0 cm³/mol. The van der Waals surface area contributed by atoms with Crippen molar-refractivity contribution < 1.29 is 14.1 Å². The van der Waals surface area contributed by atoms with Gasteiger partial charge in [-0.15, -0.1) is 0 Å². The Balaban J connectivity index is 2.26. The predicted octanol–water partition coefficient (Wildman–Crippen LogP) is 3.87. The molecular weight excluding hydrogens is 283 g/mol. The fourth-order valence-corrected chi connectivity index (χ4v) is 2.65. The molecule has 0 radical (unpaired) electrons. The molecule has 0 amide bonds. The maximum absolute atomic E-state index is 12.6. The Morgan fingerprint density at radius 3 is 2.29 bits per heavy atom. The maximum Gasteiger partial charge on any atom is 0.203 e. The molecule has 1 atom stereocenters. The summed E-state index contributed by atoms with van der Waals surface area (Å²) < 4.78 is 16.8. The number of ether oxygens (including phenoxy) is 1. The van der Waals surface area contributed by atoms with E-state index in [1.807, 2.05) is 32.0 Å². The van der Waals surface area contributed by atoms with Crippen LogP contribution in [0.4, 0.5) is 0 Å². The van der Waals surface area contributed by atoms with Gasteiger partial charge in [-0.05, 0) is 44.0 Å². The molecule has 0 aliphatic rings. The van der Waals surface area contributed by atoms with Gasteiger partial charge >= 0.3 is 0 Å². The van der Waals surface area contributed by atoms with Gasteiger partial charge in [0.15, 0.2) is 14.6 Å². The van der Waals surface area contributed by atoms with Gasteiger partial charge < -0.3 is 4.74 Å². The van der Waals surface area contributed by atoms with Crippen molar-refractivity contribution in [3.63, 3.8) is 0 Å². The number of ketones is 1. The van der Waals surface area contributed by atoms with Crippen LogP contribution in [0.2, 0.25) is 0 Å². The fraction of sp³-hybridized carbons (Fsp3) is 0.235. The molecule has 2 aromatic rings. The van der Waals surface area contributed by atoms with Gasteiger partial charge in [0.25, 0.3) is 0 Å². The number of para-hydroxylation sites is 1. The highest BCUT2D eigenvalue weighted by molar-refractivity contribution is 7.34. The van der Waals surface area contributed by atoms with Crippen LogP contribution in [-0.2, 0) is 4.57 Å². The lowest BCUT2D eigenvalue weighted by Crippen LogP contribution is -2.26. The second-order valence-corrected chi connectivity index (χ2v) is 5.61. The van der Waals surface area contributed by atoms with Crippen molar-refractivity contribution in [2.45, 2.75) is 26.9 Å². The molecule has 0 fully saturated rings. The van der Waals surface area contributed by atoms with E-state index in [1.165, 1.54) is 0 Å². The number of aryl methyl sites for hydroxylation is 2. The third kappa shape index (κ3) is 3.37. The minimum absolute atomic E-state index is 0.0667. The third-order valence-electron chi connectivity index (χ3n) is 3.36. The number of rotatable bonds is 5. The highest BCUT2D eigenvalue weighted by Gasteiger charge is 2.21. The van der Waals surface area contributed by atoms with Crippen LogP contribution in [-0.4, -0.2) is 11.9 Å². The van der Waals surface area contributed by atoms with E-state index in [1.54, 1.807) is 31.2 Å². The van der Waals surface area contributed by atoms with Crippen LogP contribution in [0.25, 0.3) is 0 Å². The fourth-order valence-electron chi connectivity index (χ4n) is 2.28. The molecule has 4 heteroatoms. The van der Waals surface area contributed by atoms with E-state index in [9.17, 15) is 9.36 Å². The van der Waals surface area contributed by atoms with Crippen molar-refractivity contribution in [1.82, 2.24) is 0 Å². The summed E-state index contributed by atoms with van der Waals surface area (Å²) in [6.07, 6.45) is -0.632. The summed E-state index contributed by atoms with van der Waals surface area (Å²) >= 11 is 0. The minimum atomic E-state index is -0.632. The Morgan fingerprint density at radius 2 is 1.67 bits per heavy atom. The molecule has 21 heavy (non-hydrogen) atoms. The molecule has 0 heterocycles. The van der Waals surface area contributed by atoms with Crippen molar-refractivity contribution in [2.24, 2.45) is 0 Å². The van der Waals surface area contributed by atoms with Gasteiger partial charge in [0.05, 0.1) is 5.30 Å². The van der Waals surface area contributed by atoms with Gasteiger partial charge in [-0.2, -0.15) is 0 Å². The number of carbonyl (C=O) groups is 1. The number of hydrogen-bond acceptors (Lipinski definition) is 3. The van der Waals surface area contributed by atoms with E-state index >= 15 is 0 Å². The first-order valence-corrected chi connectivity index (χ1v) is 7.55. The Kier molecular flexibility index (Phi) is 4.87. The lowest BCUT2D eigenvalue weighted by atomic mass is 9.97. The highest BCUT2D eigenvalue weighted by atomic mass is 31.1. The number of hydrogen-bond donors (Lipinski definition) is 0. The average molecular weight is 300 g/mol. The van der Waals surface area contributed by atoms with E-state index in [-0.39, 0.29) is 14.2 Å². The number of benzene rings is 2. The van der Waals surface area contributed by atoms with Crippen LogP contribution in [0.3, 0.4) is 0 Å². The zero-order chi connectivity index (χ0) is 15.4. The van der Waals surface area contributed by atoms with Gasteiger partial charge in [-0.3, -0.25) is 9.36 Å². The van der Waals surface area contributed by atoms with E-state index in [4.69, 9.17) is 4.74 Å². The summed E-state index contributed by atoms with van der Waals surface area (Å²) in [6.45, 7) is 5.54. The van der Waals surface area contributed by atoms with Crippen LogP contribution in [0.15, 0.2) is 42.5 Å².